The Balaban J connectivity index is 1.69. The van der Waals surface area contributed by atoms with E-state index in [1.54, 1.807) is 0 Å². The smallest absolute Gasteiger partial charge is 0.242 e. The second-order valence-corrected chi connectivity index (χ2v) is 15.0. The van der Waals surface area contributed by atoms with Gasteiger partial charge < -0.3 is 15.5 Å². The van der Waals surface area contributed by atoms with E-state index in [2.05, 4.69) is 12.2 Å². The lowest BCUT2D eigenvalue weighted by Gasteiger charge is -2.38. The highest BCUT2D eigenvalue weighted by Crippen LogP contribution is 2.27. The second kappa shape index (κ2) is 15.8. The number of benzene rings is 1. The Morgan fingerprint density at radius 3 is 2.32 bits per heavy atom. The molecule has 1 aromatic rings. The number of primary amides is 1. The molecule has 2 fully saturated rings. The van der Waals surface area contributed by atoms with Crippen molar-refractivity contribution in [2.75, 3.05) is 32.4 Å². The molecule has 0 aromatic heterocycles. The highest BCUT2D eigenvalue weighted by atomic mass is 32.2. The number of amides is 3. The molecule has 4 N–H and O–H groups in total. The first-order chi connectivity index (χ1) is 20.7. The van der Waals surface area contributed by atoms with Crippen LogP contribution in [0.5, 0.6) is 0 Å². The van der Waals surface area contributed by atoms with Crippen LogP contribution >= 0.6 is 0 Å². The molecule has 0 unspecified atom stereocenters. The molecular formula is C32H52N6O5S. The third kappa shape index (κ3) is 9.76. The van der Waals surface area contributed by atoms with Crippen molar-refractivity contribution in [2.24, 2.45) is 17.1 Å². The number of carbonyl (C=O) groups is 3. The molecule has 0 spiro atoms. The van der Waals surface area contributed by atoms with Crippen LogP contribution in [0.3, 0.4) is 0 Å². The van der Waals surface area contributed by atoms with E-state index >= 15 is 0 Å². The summed E-state index contributed by atoms with van der Waals surface area (Å²) in [6.45, 7) is 7.46. The Labute approximate surface area is 263 Å². The molecule has 2 aliphatic rings. The number of sulfonamides is 1. The highest BCUT2D eigenvalue weighted by Gasteiger charge is 2.42. The maximum atomic E-state index is 14.0. The van der Waals surface area contributed by atoms with E-state index in [9.17, 15) is 22.8 Å². The number of nitrogens with two attached hydrogens (primary N) is 1. The van der Waals surface area contributed by atoms with Gasteiger partial charge in [0.25, 0.3) is 0 Å². The summed E-state index contributed by atoms with van der Waals surface area (Å²) in [6, 6.07) is 7.53. The molecule has 2 heterocycles. The van der Waals surface area contributed by atoms with E-state index in [0.717, 1.165) is 43.9 Å². The average Bonchev–Trinajstić information content (AvgIpc) is 3.48. The van der Waals surface area contributed by atoms with Crippen LogP contribution in [0.1, 0.15) is 84.1 Å². The lowest BCUT2D eigenvalue weighted by Crippen LogP contribution is -2.56. The van der Waals surface area contributed by atoms with E-state index in [0.29, 0.717) is 45.3 Å². The highest BCUT2D eigenvalue weighted by molar-refractivity contribution is 7.88. The summed E-state index contributed by atoms with van der Waals surface area (Å²) in [4.78, 5) is 42.3. The zero-order chi connectivity index (χ0) is 32.5. The third-order valence-electron chi connectivity index (χ3n) is 9.07. The predicted molar refractivity (Wildman–Crippen MR) is 172 cm³/mol. The molecule has 11 nitrogen and oxygen atoms in total. The fourth-order valence-electron chi connectivity index (χ4n) is 6.22. The Kier molecular flexibility index (Phi) is 12.8. The van der Waals surface area contributed by atoms with Gasteiger partial charge >= 0.3 is 0 Å². The minimum absolute atomic E-state index is 0.0453. The van der Waals surface area contributed by atoms with Gasteiger partial charge in [0.15, 0.2) is 5.96 Å². The molecular weight excluding hydrogens is 580 g/mol. The molecule has 2 saturated heterocycles. The van der Waals surface area contributed by atoms with Crippen molar-refractivity contribution < 1.29 is 22.8 Å². The van der Waals surface area contributed by atoms with Crippen LogP contribution in [0.2, 0.25) is 0 Å². The summed E-state index contributed by atoms with van der Waals surface area (Å²) < 4.78 is 27.8. The van der Waals surface area contributed by atoms with Crippen LogP contribution in [0.4, 0.5) is 0 Å². The molecule has 3 amide bonds. The average molecular weight is 633 g/mol. The molecule has 44 heavy (non-hydrogen) atoms. The molecule has 0 saturated carbocycles. The Hall–Kier alpha value is -2.99. The quantitative estimate of drug-likeness (QED) is 0.163. The molecule has 3 rings (SSSR count). The summed E-state index contributed by atoms with van der Waals surface area (Å²) in [5.74, 6) is -1.13. The summed E-state index contributed by atoms with van der Waals surface area (Å²) in [6.07, 6.45) is 8.70. The van der Waals surface area contributed by atoms with Crippen LogP contribution in [0.15, 0.2) is 30.3 Å². The lowest BCUT2D eigenvalue weighted by molar-refractivity contribution is -0.140. The molecule has 0 radical (unpaired) electrons. The zero-order valence-corrected chi connectivity index (χ0v) is 27.7. The maximum absolute atomic E-state index is 14.0. The first-order valence-corrected chi connectivity index (χ1v) is 17.8. The van der Waals surface area contributed by atoms with Crippen molar-refractivity contribution in [3.63, 3.8) is 0 Å². The van der Waals surface area contributed by atoms with Crippen LogP contribution in [-0.2, 0) is 30.8 Å². The van der Waals surface area contributed by atoms with Crippen LogP contribution < -0.4 is 11.1 Å². The van der Waals surface area contributed by atoms with E-state index in [1.807, 2.05) is 49.1 Å². The number of rotatable bonds is 14. The molecule has 1 aromatic carbocycles. The van der Waals surface area contributed by atoms with Gasteiger partial charge in [-0.3, -0.25) is 25.1 Å². The number of piperidine rings is 1. The Morgan fingerprint density at radius 2 is 1.73 bits per heavy atom. The summed E-state index contributed by atoms with van der Waals surface area (Å²) in [5.41, 5.74) is 5.85. The van der Waals surface area contributed by atoms with E-state index < -0.39 is 39.3 Å². The van der Waals surface area contributed by atoms with Gasteiger partial charge in [-0.15, -0.1) is 0 Å². The second-order valence-electron chi connectivity index (χ2n) is 13.1. The third-order valence-corrected chi connectivity index (χ3v) is 10.3. The van der Waals surface area contributed by atoms with Crippen LogP contribution in [0, 0.1) is 16.7 Å². The first-order valence-electron chi connectivity index (χ1n) is 16.0. The fourth-order valence-corrected chi connectivity index (χ4v) is 7.33. The van der Waals surface area contributed by atoms with Gasteiger partial charge in [-0.1, -0.05) is 76.8 Å². The van der Waals surface area contributed by atoms with Gasteiger partial charge in [-0.25, -0.2) is 8.42 Å². The molecule has 12 heteroatoms. The molecule has 246 valence electrons. The van der Waals surface area contributed by atoms with Gasteiger partial charge in [0.2, 0.25) is 27.7 Å². The summed E-state index contributed by atoms with van der Waals surface area (Å²) >= 11 is 0. The van der Waals surface area contributed by atoms with Crippen LogP contribution in [-0.4, -0.2) is 90.7 Å². The number of nitrogens with one attached hydrogen (secondary N) is 2. The van der Waals surface area contributed by atoms with E-state index in [4.69, 9.17) is 11.1 Å². The van der Waals surface area contributed by atoms with Gasteiger partial charge in [-0.05, 0) is 50.0 Å². The van der Waals surface area contributed by atoms with Crippen molar-refractivity contribution >= 4 is 33.7 Å². The van der Waals surface area contributed by atoms with Crippen molar-refractivity contribution in [1.29, 1.82) is 5.41 Å². The lowest BCUT2D eigenvalue weighted by atomic mass is 9.86. The van der Waals surface area contributed by atoms with E-state index in [1.165, 1.54) is 9.21 Å². The predicted octanol–water partition coefficient (Wildman–Crippen LogP) is 3.10. The molecule has 2 atom stereocenters. The molecule has 2 aliphatic heterocycles. The molecule has 0 aliphatic carbocycles. The first kappa shape index (κ1) is 35.5. The van der Waals surface area contributed by atoms with Gasteiger partial charge in [0, 0.05) is 31.6 Å². The number of nitrogens with zero attached hydrogens (tertiary/aromatic N) is 3. The standard InChI is InChI=1S/C32H52N6O5S/c1-5-6-7-11-18-32(2,3)30(41)35-31(34)36-20-16-25(17-21-36)23-38(44(4,42)43)27(22-24-13-9-8-10-14-24)29(40)37-19-12-15-26(37)28(33)39/h8-10,13-14,25-27H,5-7,11-12,15-23H2,1-4H3,(H2,33,39)(H2,34,35,41)/t26-,27+/m0/s1. The van der Waals surface area contributed by atoms with Crippen LogP contribution in [0.25, 0.3) is 0 Å². The Bertz CT molecular complexity index is 1250. The zero-order valence-electron chi connectivity index (χ0n) is 26.9. The van der Waals surface area contributed by atoms with E-state index in [-0.39, 0.29) is 30.8 Å². The van der Waals surface area contributed by atoms with Gasteiger partial charge in [-0.2, -0.15) is 4.31 Å². The number of guanidine groups is 1. The van der Waals surface area contributed by atoms with Crippen molar-refractivity contribution in [1.82, 2.24) is 19.4 Å². The van der Waals surface area contributed by atoms with Gasteiger partial charge in [0.1, 0.15) is 12.1 Å². The number of hydrogen-bond acceptors (Lipinski definition) is 6. The monoisotopic (exact) mass is 632 g/mol. The number of likely N-dealkylation sites (tertiary alicyclic amines) is 2. The van der Waals surface area contributed by atoms with Crippen molar-refractivity contribution in [3.8, 4) is 0 Å². The Morgan fingerprint density at radius 1 is 1.07 bits per heavy atom. The maximum Gasteiger partial charge on any atom is 0.242 e. The minimum atomic E-state index is -3.81. The summed E-state index contributed by atoms with van der Waals surface area (Å²) in [7, 11) is -3.81. The number of hydrogen-bond donors (Lipinski definition) is 3. The largest absolute Gasteiger partial charge is 0.368 e. The summed E-state index contributed by atoms with van der Waals surface area (Å²) in [5, 5.41) is 11.3. The topological polar surface area (TPSA) is 157 Å². The van der Waals surface area contributed by atoms with Crippen molar-refractivity contribution in [2.45, 2.75) is 97.1 Å². The number of carbonyl (C=O) groups excluding carboxylic acids is 3. The SMILES string of the molecule is CCCCCCC(C)(C)C(=O)NC(=N)N1CCC(CN([C@H](Cc2ccccc2)C(=O)N2CCC[C@H]2C(N)=O)S(C)(=O)=O)CC1. The van der Waals surface area contributed by atoms with Gasteiger partial charge in [0.05, 0.1) is 6.26 Å². The minimum Gasteiger partial charge on any atom is -0.368 e. The van der Waals surface area contributed by atoms with Crippen molar-refractivity contribution in [3.05, 3.63) is 35.9 Å². The molecule has 0 bridgehead atoms. The normalized spacial score (nSPS) is 18.8. The number of unbranched alkanes of at least 4 members (excludes halogenated alkanes) is 3. The fraction of sp³-hybridized carbons (Fsp3) is 0.688.